The van der Waals surface area contributed by atoms with Gasteiger partial charge < -0.3 is 10.2 Å². The number of halogens is 1. The van der Waals surface area contributed by atoms with Gasteiger partial charge in [-0.3, -0.25) is 4.79 Å². The van der Waals surface area contributed by atoms with Gasteiger partial charge in [-0.15, -0.1) is 11.3 Å². The van der Waals surface area contributed by atoms with E-state index in [0.717, 1.165) is 36.4 Å². The monoisotopic (exact) mass is 308 g/mol. The number of anilines is 1. The lowest BCUT2D eigenvalue weighted by atomic mass is 10.1. The van der Waals surface area contributed by atoms with Crippen LogP contribution in [0.1, 0.15) is 23.2 Å². The molecule has 1 aliphatic rings. The van der Waals surface area contributed by atoms with Gasteiger partial charge in [0.05, 0.1) is 20.8 Å². The molecule has 20 heavy (non-hydrogen) atoms. The minimum Gasteiger partial charge on any atom is -0.357 e. The Hall–Kier alpha value is -1.33. The van der Waals surface area contributed by atoms with Crippen molar-refractivity contribution in [3.05, 3.63) is 28.5 Å². The van der Waals surface area contributed by atoms with Crippen LogP contribution in [-0.2, 0) is 0 Å². The van der Waals surface area contributed by atoms with Crippen molar-refractivity contribution in [2.45, 2.75) is 12.8 Å². The van der Waals surface area contributed by atoms with E-state index in [9.17, 15) is 4.79 Å². The van der Waals surface area contributed by atoms with Gasteiger partial charge in [-0.1, -0.05) is 11.6 Å². The summed E-state index contributed by atoms with van der Waals surface area (Å²) in [6, 6.07) is 1.90. The number of pyridine rings is 1. The molecular formula is C14H15ClN3OS. The molecule has 3 rings (SSSR count). The van der Waals surface area contributed by atoms with Gasteiger partial charge in [0.2, 0.25) is 0 Å². The first-order chi connectivity index (χ1) is 9.70. The van der Waals surface area contributed by atoms with Gasteiger partial charge in [-0.05, 0) is 19.3 Å². The largest absolute Gasteiger partial charge is 0.357 e. The summed E-state index contributed by atoms with van der Waals surface area (Å²) in [7, 11) is 1.62. The molecule has 0 aliphatic carbocycles. The molecule has 1 fully saturated rings. The van der Waals surface area contributed by atoms with Crippen LogP contribution in [0.2, 0.25) is 5.02 Å². The Bertz CT molecular complexity index is 649. The Morgan fingerprint density at radius 2 is 2.20 bits per heavy atom. The highest BCUT2D eigenvalue weighted by Crippen LogP contribution is 2.34. The molecule has 1 saturated heterocycles. The fourth-order valence-electron chi connectivity index (χ4n) is 2.40. The molecule has 0 unspecified atom stereocenters. The Kier molecular flexibility index (Phi) is 3.81. The van der Waals surface area contributed by atoms with E-state index in [1.54, 1.807) is 7.05 Å². The highest BCUT2D eigenvalue weighted by Gasteiger charge is 2.19. The van der Waals surface area contributed by atoms with Gasteiger partial charge >= 0.3 is 0 Å². The average molecular weight is 309 g/mol. The number of carbonyl (C=O) groups excluding carboxylic acids is 1. The third-order valence-corrected chi connectivity index (χ3v) is 4.88. The first-order valence-corrected chi connectivity index (χ1v) is 7.83. The van der Waals surface area contributed by atoms with Crippen LogP contribution < -0.4 is 10.2 Å². The minimum atomic E-state index is -0.121. The lowest BCUT2D eigenvalue weighted by molar-refractivity contribution is 0.0965. The third kappa shape index (κ3) is 2.36. The number of carbonyl (C=O) groups is 1. The molecule has 6 heteroatoms. The van der Waals surface area contributed by atoms with E-state index in [-0.39, 0.29) is 5.91 Å². The quantitative estimate of drug-likeness (QED) is 0.927. The molecule has 2 aromatic rings. The van der Waals surface area contributed by atoms with Crippen LogP contribution in [0.4, 0.5) is 5.82 Å². The van der Waals surface area contributed by atoms with Gasteiger partial charge in [-0.2, -0.15) is 0 Å². The molecule has 105 valence electrons. The molecule has 0 saturated carbocycles. The van der Waals surface area contributed by atoms with E-state index in [4.69, 9.17) is 11.6 Å². The highest BCUT2D eigenvalue weighted by molar-refractivity contribution is 7.18. The summed E-state index contributed by atoms with van der Waals surface area (Å²) < 4.78 is 0.873. The summed E-state index contributed by atoms with van der Waals surface area (Å²) in [4.78, 5) is 18.8. The molecule has 3 heterocycles. The molecule has 1 amide bonds. The number of piperidine rings is 1. The molecule has 2 aromatic heterocycles. The number of thiophene rings is 1. The van der Waals surface area contributed by atoms with E-state index in [1.807, 2.05) is 11.4 Å². The first-order valence-electron chi connectivity index (χ1n) is 6.57. The Labute approximate surface area is 126 Å². The zero-order valence-electron chi connectivity index (χ0n) is 11.1. The molecule has 1 aliphatic heterocycles. The predicted octanol–water partition coefficient (Wildman–Crippen LogP) is 3.11. The molecule has 0 bridgehead atoms. The number of rotatable bonds is 2. The smallest absolute Gasteiger partial charge is 0.254 e. The Morgan fingerprint density at radius 3 is 2.90 bits per heavy atom. The SMILES string of the molecule is CNC(=O)c1csc2c(Cl)cc(N3CC[CH]CC3)nc12. The van der Waals surface area contributed by atoms with Crippen molar-refractivity contribution in [3.63, 3.8) is 0 Å². The molecule has 0 atom stereocenters. The van der Waals surface area contributed by atoms with E-state index in [1.165, 1.54) is 11.3 Å². The zero-order chi connectivity index (χ0) is 14.1. The third-order valence-electron chi connectivity index (χ3n) is 3.47. The second kappa shape index (κ2) is 5.58. The van der Waals surface area contributed by atoms with E-state index >= 15 is 0 Å². The van der Waals surface area contributed by atoms with E-state index < -0.39 is 0 Å². The molecular weight excluding hydrogens is 294 g/mol. The van der Waals surface area contributed by atoms with E-state index in [2.05, 4.69) is 21.6 Å². The van der Waals surface area contributed by atoms with Gasteiger partial charge in [0.15, 0.2) is 0 Å². The summed E-state index contributed by atoms with van der Waals surface area (Å²) >= 11 is 7.81. The summed E-state index contributed by atoms with van der Waals surface area (Å²) in [5, 5.41) is 5.13. The van der Waals surface area contributed by atoms with Gasteiger partial charge in [0.1, 0.15) is 5.82 Å². The predicted molar refractivity (Wildman–Crippen MR) is 83.8 cm³/mol. The fourth-order valence-corrected chi connectivity index (χ4v) is 3.61. The maximum Gasteiger partial charge on any atom is 0.254 e. The van der Waals surface area contributed by atoms with Crippen molar-refractivity contribution in [2.75, 3.05) is 25.0 Å². The topological polar surface area (TPSA) is 45.2 Å². The van der Waals surface area contributed by atoms with Crippen molar-refractivity contribution in [1.29, 1.82) is 0 Å². The van der Waals surface area contributed by atoms with Crippen LogP contribution in [0, 0.1) is 6.42 Å². The maximum atomic E-state index is 11.9. The number of hydrogen-bond acceptors (Lipinski definition) is 4. The average Bonchev–Trinajstić information content (AvgIpc) is 2.92. The number of nitrogens with one attached hydrogen (secondary N) is 1. The summed E-state index contributed by atoms with van der Waals surface area (Å²) in [5.41, 5.74) is 1.30. The highest BCUT2D eigenvalue weighted by atomic mass is 35.5. The Balaban J connectivity index is 2.08. The molecule has 0 aromatic carbocycles. The standard InChI is InChI=1S/C14H15ClN3OS/c1-16-14(19)9-8-20-13-10(15)7-11(17-12(9)13)18-5-3-2-4-6-18/h2,7-8H,3-6H2,1H3,(H,16,19). The van der Waals surface area contributed by atoms with Gasteiger partial charge in [0.25, 0.3) is 5.91 Å². The van der Waals surface area contributed by atoms with Crippen LogP contribution in [0.15, 0.2) is 11.4 Å². The maximum absolute atomic E-state index is 11.9. The first kappa shape index (κ1) is 13.6. The summed E-state index contributed by atoms with van der Waals surface area (Å²) in [6.45, 7) is 1.91. The minimum absolute atomic E-state index is 0.121. The second-order valence-electron chi connectivity index (χ2n) is 4.72. The van der Waals surface area contributed by atoms with Gasteiger partial charge in [0, 0.05) is 31.6 Å². The zero-order valence-corrected chi connectivity index (χ0v) is 12.7. The van der Waals surface area contributed by atoms with Crippen LogP contribution in [-0.4, -0.2) is 31.0 Å². The fraction of sp³-hybridized carbons (Fsp3) is 0.357. The number of fused-ring (bicyclic) bond motifs is 1. The van der Waals surface area contributed by atoms with Crippen LogP contribution >= 0.6 is 22.9 Å². The van der Waals surface area contributed by atoms with Crippen LogP contribution in [0.5, 0.6) is 0 Å². The Morgan fingerprint density at radius 1 is 1.45 bits per heavy atom. The molecule has 1 N–H and O–H groups in total. The number of amides is 1. The molecule has 1 radical (unpaired) electrons. The van der Waals surface area contributed by atoms with Crippen LogP contribution in [0.3, 0.4) is 0 Å². The number of aromatic nitrogens is 1. The molecule has 0 spiro atoms. The summed E-state index contributed by atoms with van der Waals surface area (Å²) in [6.07, 6.45) is 4.41. The second-order valence-corrected chi connectivity index (χ2v) is 6.01. The van der Waals surface area contributed by atoms with Crippen LogP contribution in [0.25, 0.3) is 10.2 Å². The molecule has 4 nitrogen and oxygen atoms in total. The van der Waals surface area contributed by atoms with Crippen molar-refractivity contribution in [2.24, 2.45) is 0 Å². The van der Waals surface area contributed by atoms with Crippen molar-refractivity contribution in [3.8, 4) is 0 Å². The van der Waals surface area contributed by atoms with E-state index in [0.29, 0.717) is 16.1 Å². The van der Waals surface area contributed by atoms with Crippen molar-refractivity contribution < 1.29 is 4.79 Å². The summed E-state index contributed by atoms with van der Waals surface area (Å²) in [5.74, 6) is 0.739. The number of hydrogen-bond donors (Lipinski definition) is 1. The lowest BCUT2D eigenvalue weighted by Crippen LogP contribution is -2.30. The number of nitrogens with zero attached hydrogens (tertiary/aromatic N) is 2. The lowest BCUT2D eigenvalue weighted by Gasteiger charge is -2.27. The van der Waals surface area contributed by atoms with Crippen molar-refractivity contribution in [1.82, 2.24) is 10.3 Å². The van der Waals surface area contributed by atoms with Gasteiger partial charge in [-0.25, -0.2) is 4.98 Å². The normalized spacial score (nSPS) is 15.6. The van der Waals surface area contributed by atoms with Crippen molar-refractivity contribution >= 4 is 44.9 Å².